The molecule has 1 aromatic heterocycles. The fraction of sp³-hybridized carbons (Fsp3) is 0.591. The number of rotatable bonds is 4. The van der Waals surface area contributed by atoms with Crippen molar-refractivity contribution < 1.29 is 19.5 Å². The average molecular weight is 417 g/mol. The highest BCUT2D eigenvalue weighted by molar-refractivity contribution is 7.17. The quantitative estimate of drug-likeness (QED) is 0.730. The third-order valence-corrected chi connectivity index (χ3v) is 7.56. The van der Waals surface area contributed by atoms with Crippen LogP contribution in [0.1, 0.15) is 65.7 Å². The molecule has 2 N–H and O–H groups in total. The predicted molar refractivity (Wildman–Crippen MR) is 112 cm³/mol. The Hall–Kier alpha value is -2.15. The molecule has 2 aliphatic carbocycles. The first-order valence-electron chi connectivity index (χ1n) is 10.7. The first kappa shape index (κ1) is 20.1. The van der Waals surface area contributed by atoms with E-state index in [-0.39, 0.29) is 11.8 Å². The second kappa shape index (κ2) is 8.69. The zero-order valence-electron chi connectivity index (χ0n) is 16.6. The average Bonchev–Trinajstić information content (AvgIpc) is 3.11. The summed E-state index contributed by atoms with van der Waals surface area (Å²) < 4.78 is 0. The minimum Gasteiger partial charge on any atom is -0.481 e. The van der Waals surface area contributed by atoms with Gasteiger partial charge in [0, 0.05) is 18.0 Å². The Labute approximate surface area is 175 Å². The highest BCUT2D eigenvalue weighted by Crippen LogP contribution is 2.40. The number of hydrogen-bond acceptors (Lipinski definition) is 4. The second-order valence-electron chi connectivity index (χ2n) is 8.25. The number of likely N-dealkylation sites (tertiary alicyclic amines) is 1. The van der Waals surface area contributed by atoms with Crippen molar-refractivity contribution in [2.45, 2.75) is 57.8 Å². The van der Waals surface area contributed by atoms with Gasteiger partial charge >= 0.3 is 5.97 Å². The molecule has 6 nitrogen and oxygen atoms in total. The van der Waals surface area contributed by atoms with E-state index in [0.29, 0.717) is 23.4 Å². The Morgan fingerprint density at radius 2 is 1.66 bits per heavy atom. The summed E-state index contributed by atoms with van der Waals surface area (Å²) in [5.74, 6) is -2.51. The summed E-state index contributed by atoms with van der Waals surface area (Å²) >= 11 is 1.51. The monoisotopic (exact) mass is 416 g/mol. The molecule has 0 radical (unpaired) electrons. The number of nitrogens with zero attached hydrogens (tertiary/aromatic N) is 1. The van der Waals surface area contributed by atoms with Crippen LogP contribution < -0.4 is 5.32 Å². The molecule has 3 aliphatic rings. The maximum Gasteiger partial charge on any atom is 0.307 e. The van der Waals surface area contributed by atoms with Gasteiger partial charge in [0.2, 0.25) is 5.91 Å². The number of piperidine rings is 1. The van der Waals surface area contributed by atoms with Crippen LogP contribution in [0.4, 0.5) is 5.00 Å². The highest BCUT2D eigenvalue weighted by atomic mass is 32.1. The fourth-order valence-electron chi connectivity index (χ4n) is 4.72. The third-order valence-electron chi connectivity index (χ3n) is 6.35. The van der Waals surface area contributed by atoms with E-state index in [1.165, 1.54) is 16.2 Å². The summed E-state index contributed by atoms with van der Waals surface area (Å²) in [5.41, 5.74) is 1.77. The van der Waals surface area contributed by atoms with Crippen molar-refractivity contribution in [2.75, 3.05) is 18.4 Å². The number of carbonyl (C=O) groups is 3. The molecular weight excluding hydrogens is 388 g/mol. The van der Waals surface area contributed by atoms with Gasteiger partial charge in [0.25, 0.3) is 5.91 Å². The first-order valence-corrected chi connectivity index (χ1v) is 11.5. The van der Waals surface area contributed by atoms with Crippen molar-refractivity contribution in [2.24, 2.45) is 11.8 Å². The SMILES string of the molecule is O=C(O)[C@H]1CC=CC[C@@H]1C(=O)Nc1sc2c(c1C(=O)N1CCCCC1)CCCC2. The van der Waals surface area contributed by atoms with Crippen molar-refractivity contribution in [3.8, 4) is 0 Å². The minimum absolute atomic E-state index is 0.0257. The number of thiophene rings is 1. The topological polar surface area (TPSA) is 86.7 Å². The number of nitrogens with one attached hydrogen (secondary N) is 1. The van der Waals surface area contributed by atoms with Gasteiger partial charge in [0.05, 0.1) is 17.4 Å². The Balaban J connectivity index is 1.62. The van der Waals surface area contributed by atoms with Crippen molar-refractivity contribution in [3.63, 3.8) is 0 Å². The lowest BCUT2D eigenvalue weighted by Gasteiger charge is -2.28. The van der Waals surface area contributed by atoms with E-state index in [1.54, 1.807) is 0 Å². The number of aryl methyl sites for hydroxylation is 1. The summed E-state index contributed by atoms with van der Waals surface area (Å²) in [5, 5.41) is 13.1. The van der Waals surface area contributed by atoms with E-state index in [4.69, 9.17) is 0 Å². The van der Waals surface area contributed by atoms with E-state index in [0.717, 1.165) is 63.6 Å². The van der Waals surface area contributed by atoms with Crippen LogP contribution in [0.15, 0.2) is 12.2 Å². The molecule has 1 fully saturated rings. The number of allylic oxidation sites excluding steroid dienone is 2. The molecule has 1 aliphatic heterocycles. The van der Waals surface area contributed by atoms with E-state index in [1.807, 2.05) is 17.1 Å². The zero-order chi connectivity index (χ0) is 20.4. The lowest BCUT2D eigenvalue weighted by Crippen LogP contribution is -2.37. The maximum atomic E-state index is 13.4. The van der Waals surface area contributed by atoms with Crippen molar-refractivity contribution in [3.05, 3.63) is 28.2 Å². The smallest absolute Gasteiger partial charge is 0.307 e. The second-order valence-corrected chi connectivity index (χ2v) is 9.36. The Bertz CT molecular complexity index is 838. The van der Waals surface area contributed by atoms with Crippen LogP contribution in [-0.2, 0) is 22.4 Å². The maximum absolute atomic E-state index is 13.4. The lowest BCUT2D eigenvalue weighted by molar-refractivity contribution is -0.146. The molecule has 1 aromatic rings. The van der Waals surface area contributed by atoms with Crippen molar-refractivity contribution >= 4 is 34.1 Å². The number of carbonyl (C=O) groups excluding carboxylic acids is 2. The predicted octanol–water partition coefficient (Wildman–Crippen LogP) is 3.86. The van der Waals surface area contributed by atoms with Crippen LogP contribution in [0, 0.1) is 11.8 Å². The summed E-state index contributed by atoms with van der Waals surface area (Å²) in [6.07, 6.45) is 11.7. The Morgan fingerprint density at radius 3 is 2.38 bits per heavy atom. The molecule has 4 rings (SSSR count). The number of fused-ring (bicyclic) bond motifs is 1. The van der Waals surface area contributed by atoms with Crippen LogP contribution in [0.3, 0.4) is 0 Å². The van der Waals surface area contributed by atoms with Crippen LogP contribution >= 0.6 is 11.3 Å². The van der Waals surface area contributed by atoms with E-state index < -0.39 is 17.8 Å². The largest absolute Gasteiger partial charge is 0.481 e. The molecule has 2 amide bonds. The van der Waals surface area contributed by atoms with Gasteiger partial charge in [0.1, 0.15) is 5.00 Å². The van der Waals surface area contributed by atoms with Crippen LogP contribution in [0.2, 0.25) is 0 Å². The van der Waals surface area contributed by atoms with Gasteiger partial charge in [-0.25, -0.2) is 0 Å². The van der Waals surface area contributed by atoms with Gasteiger partial charge in [-0.1, -0.05) is 12.2 Å². The first-order chi connectivity index (χ1) is 14.1. The zero-order valence-corrected chi connectivity index (χ0v) is 17.4. The van der Waals surface area contributed by atoms with Crippen LogP contribution in [0.25, 0.3) is 0 Å². The number of anilines is 1. The van der Waals surface area contributed by atoms with Gasteiger partial charge in [-0.05, 0) is 63.4 Å². The molecule has 0 unspecified atom stereocenters. The molecule has 0 bridgehead atoms. The van der Waals surface area contributed by atoms with Gasteiger partial charge < -0.3 is 15.3 Å². The number of hydrogen-bond donors (Lipinski definition) is 2. The molecule has 1 saturated heterocycles. The van der Waals surface area contributed by atoms with Crippen LogP contribution in [-0.4, -0.2) is 40.9 Å². The summed E-state index contributed by atoms with van der Waals surface area (Å²) in [4.78, 5) is 41.1. The molecule has 156 valence electrons. The molecule has 2 heterocycles. The highest BCUT2D eigenvalue weighted by Gasteiger charge is 2.36. The summed E-state index contributed by atoms with van der Waals surface area (Å²) in [6, 6.07) is 0. The molecule has 2 atom stereocenters. The standard InChI is InChI=1S/C22H28N2O4S/c25-19(14-8-2-3-9-15(14)22(27)28)23-20-18(16-10-4-5-11-17(16)29-20)21(26)24-12-6-1-7-13-24/h2-3,14-15H,1,4-13H2,(H,23,25)(H,27,28)/t14-,15-/m0/s1. The minimum atomic E-state index is -0.940. The van der Waals surface area contributed by atoms with Crippen molar-refractivity contribution in [1.82, 2.24) is 4.90 Å². The van der Waals surface area contributed by atoms with E-state index >= 15 is 0 Å². The molecular formula is C22H28N2O4S. The lowest BCUT2D eigenvalue weighted by atomic mass is 9.82. The van der Waals surface area contributed by atoms with Gasteiger partial charge in [-0.2, -0.15) is 0 Å². The van der Waals surface area contributed by atoms with Gasteiger partial charge in [-0.15, -0.1) is 11.3 Å². The normalized spacial score (nSPS) is 24.1. The summed E-state index contributed by atoms with van der Waals surface area (Å²) in [6.45, 7) is 1.54. The number of carboxylic acid groups (broad SMARTS) is 1. The fourth-order valence-corrected chi connectivity index (χ4v) is 6.00. The third kappa shape index (κ3) is 4.10. The molecule has 0 saturated carbocycles. The summed E-state index contributed by atoms with van der Waals surface area (Å²) in [7, 11) is 0. The van der Waals surface area contributed by atoms with Gasteiger partial charge in [0.15, 0.2) is 0 Å². The van der Waals surface area contributed by atoms with E-state index in [9.17, 15) is 19.5 Å². The number of amides is 2. The molecule has 0 aromatic carbocycles. The molecule has 7 heteroatoms. The Kier molecular flexibility index (Phi) is 6.04. The molecule has 0 spiro atoms. The van der Waals surface area contributed by atoms with Crippen LogP contribution in [0.5, 0.6) is 0 Å². The number of aliphatic carboxylic acids is 1. The van der Waals surface area contributed by atoms with Crippen molar-refractivity contribution in [1.29, 1.82) is 0 Å². The Morgan fingerprint density at radius 1 is 0.966 bits per heavy atom. The number of carboxylic acids is 1. The molecule has 29 heavy (non-hydrogen) atoms. The van der Waals surface area contributed by atoms with Gasteiger partial charge in [-0.3, -0.25) is 14.4 Å². The van der Waals surface area contributed by atoms with E-state index in [2.05, 4.69) is 5.32 Å².